The summed E-state index contributed by atoms with van der Waals surface area (Å²) in [5.74, 6) is 1.03. The van der Waals surface area contributed by atoms with Gasteiger partial charge < -0.3 is 10.2 Å². The molecule has 0 radical (unpaired) electrons. The van der Waals surface area contributed by atoms with Crippen LogP contribution in [0.15, 0.2) is 17.5 Å². The van der Waals surface area contributed by atoms with Gasteiger partial charge >= 0.3 is 0 Å². The molecule has 2 rings (SSSR count). The molecule has 0 aromatic carbocycles. The number of carbonyl (C=O) groups excluding carboxylic acids is 1. The third-order valence-corrected chi connectivity index (χ3v) is 4.81. The minimum Gasteiger partial charge on any atom is -0.343 e. The van der Waals surface area contributed by atoms with Crippen molar-refractivity contribution in [3.63, 3.8) is 0 Å². The highest BCUT2D eigenvalue weighted by molar-refractivity contribution is 7.09. The van der Waals surface area contributed by atoms with Crippen molar-refractivity contribution in [2.75, 3.05) is 26.2 Å². The Labute approximate surface area is 120 Å². The van der Waals surface area contributed by atoms with E-state index in [4.69, 9.17) is 0 Å². The zero-order valence-corrected chi connectivity index (χ0v) is 12.5. The molecule has 1 fully saturated rings. The molecule has 1 aliphatic rings. The van der Waals surface area contributed by atoms with E-state index in [-0.39, 0.29) is 0 Å². The van der Waals surface area contributed by atoms with E-state index in [1.54, 1.807) is 11.3 Å². The van der Waals surface area contributed by atoms with Crippen molar-refractivity contribution < 1.29 is 4.79 Å². The Morgan fingerprint density at radius 1 is 1.58 bits per heavy atom. The second-order valence-electron chi connectivity index (χ2n) is 5.20. The molecule has 1 aromatic heterocycles. The smallest absolute Gasteiger partial charge is 0.222 e. The molecule has 0 spiro atoms. The van der Waals surface area contributed by atoms with Crippen molar-refractivity contribution in [2.24, 2.45) is 5.92 Å². The monoisotopic (exact) mass is 280 g/mol. The number of rotatable bonds is 7. The molecule has 0 saturated carbocycles. The van der Waals surface area contributed by atoms with Crippen LogP contribution in [0.2, 0.25) is 0 Å². The molecule has 1 aromatic rings. The quantitative estimate of drug-likeness (QED) is 0.832. The fourth-order valence-electron chi connectivity index (χ4n) is 2.61. The zero-order valence-electron chi connectivity index (χ0n) is 11.7. The first-order chi connectivity index (χ1) is 9.29. The molecule has 1 aliphatic heterocycles. The second kappa shape index (κ2) is 7.65. The van der Waals surface area contributed by atoms with E-state index in [0.717, 1.165) is 39.0 Å². The summed E-state index contributed by atoms with van der Waals surface area (Å²) in [6.07, 6.45) is 3.97. The van der Waals surface area contributed by atoms with Crippen LogP contribution in [0.3, 0.4) is 0 Å². The Hall–Kier alpha value is -0.870. The number of likely N-dealkylation sites (N-methyl/N-ethyl adjacent to an activating group) is 1. The third kappa shape index (κ3) is 4.62. The molecule has 3 nitrogen and oxygen atoms in total. The van der Waals surface area contributed by atoms with Gasteiger partial charge in [0.05, 0.1) is 0 Å². The standard InChI is InChI=1S/C15H24N2OS/c1-2-17(10-8-14-4-3-11-19-14)15(18)6-5-13-7-9-16-12-13/h3-4,11,13,16H,2,5-10,12H2,1H3. The minimum absolute atomic E-state index is 0.325. The number of thiophene rings is 1. The summed E-state index contributed by atoms with van der Waals surface area (Å²) >= 11 is 1.77. The Kier molecular flexibility index (Phi) is 5.86. The van der Waals surface area contributed by atoms with Gasteiger partial charge in [0.2, 0.25) is 5.91 Å². The van der Waals surface area contributed by atoms with Gasteiger partial charge in [-0.25, -0.2) is 0 Å². The molecule has 4 heteroatoms. The van der Waals surface area contributed by atoms with Crippen LogP contribution < -0.4 is 5.32 Å². The molecule has 1 atom stereocenters. The zero-order chi connectivity index (χ0) is 13.5. The molecular formula is C15H24N2OS. The molecule has 1 N–H and O–H groups in total. The van der Waals surface area contributed by atoms with E-state index in [9.17, 15) is 4.79 Å². The topological polar surface area (TPSA) is 32.3 Å². The van der Waals surface area contributed by atoms with Gasteiger partial charge in [-0.1, -0.05) is 6.07 Å². The number of hydrogen-bond donors (Lipinski definition) is 1. The van der Waals surface area contributed by atoms with Crippen molar-refractivity contribution in [3.05, 3.63) is 22.4 Å². The van der Waals surface area contributed by atoms with Crippen LogP contribution in [0.25, 0.3) is 0 Å². The highest BCUT2D eigenvalue weighted by Gasteiger charge is 2.18. The van der Waals surface area contributed by atoms with Crippen molar-refractivity contribution in [3.8, 4) is 0 Å². The summed E-state index contributed by atoms with van der Waals surface area (Å²) in [4.78, 5) is 15.6. The van der Waals surface area contributed by atoms with Crippen LogP contribution in [0.5, 0.6) is 0 Å². The largest absolute Gasteiger partial charge is 0.343 e. The third-order valence-electron chi connectivity index (χ3n) is 3.87. The van der Waals surface area contributed by atoms with Gasteiger partial charge in [-0.05, 0) is 56.6 Å². The van der Waals surface area contributed by atoms with Gasteiger partial charge in [0.1, 0.15) is 0 Å². The molecule has 1 saturated heterocycles. The maximum Gasteiger partial charge on any atom is 0.222 e. The van der Waals surface area contributed by atoms with E-state index in [2.05, 4.69) is 29.8 Å². The van der Waals surface area contributed by atoms with E-state index in [1.807, 2.05) is 4.90 Å². The first-order valence-corrected chi connectivity index (χ1v) is 8.18. The van der Waals surface area contributed by atoms with E-state index < -0.39 is 0 Å². The molecule has 1 amide bonds. The van der Waals surface area contributed by atoms with Gasteiger partial charge in [0.25, 0.3) is 0 Å². The molecule has 106 valence electrons. The lowest BCUT2D eigenvalue weighted by Gasteiger charge is -2.21. The van der Waals surface area contributed by atoms with Crippen LogP contribution in [0.1, 0.15) is 31.1 Å². The summed E-state index contributed by atoms with van der Waals surface area (Å²) in [6, 6.07) is 4.22. The Balaban J connectivity index is 1.71. The second-order valence-corrected chi connectivity index (χ2v) is 6.23. The summed E-state index contributed by atoms with van der Waals surface area (Å²) in [7, 11) is 0. The summed E-state index contributed by atoms with van der Waals surface area (Å²) < 4.78 is 0. The first-order valence-electron chi connectivity index (χ1n) is 7.30. The van der Waals surface area contributed by atoms with Crippen molar-refractivity contribution in [1.29, 1.82) is 0 Å². The van der Waals surface area contributed by atoms with Gasteiger partial charge in [0, 0.05) is 24.4 Å². The summed E-state index contributed by atoms with van der Waals surface area (Å²) in [5, 5.41) is 5.46. The van der Waals surface area contributed by atoms with Crippen molar-refractivity contribution in [2.45, 2.75) is 32.6 Å². The number of nitrogens with zero attached hydrogens (tertiary/aromatic N) is 1. The first kappa shape index (κ1) is 14.5. The lowest BCUT2D eigenvalue weighted by molar-refractivity contribution is -0.131. The average Bonchev–Trinajstić information content (AvgIpc) is 3.10. The Morgan fingerprint density at radius 3 is 3.11 bits per heavy atom. The Morgan fingerprint density at radius 2 is 2.47 bits per heavy atom. The summed E-state index contributed by atoms with van der Waals surface area (Å²) in [6.45, 7) is 5.97. The van der Waals surface area contributed by atoms with Gasteiger partial charge in [0.15, 0.2) is 0 Å². The van der Waals surface area contributed by atoms with E-state index in [1.165, 1.54) is 11.3 Å². The van der Waals surface area contributed by atoms with Gasteiger partial charge in [-0.2, -0.15) is 0 Å². The molecule has 2 heterocycles. The highest BCUT2D eigenvalue weighted by atomic mass is 32.1. The number of hydrogen-bond acceptors (Lipinski definition) is 3. The maximum atomic E-state index is 12.2. The fraction of sp³-hybridized carbons (Fsp3) is 0.667. The van der Waals surface area contributed by atoms with Crippen LogP contribution >= 0.6 is 11.3 Å². The molecule has 1 unspecified atom stereocenters. The number of amides is 1. The van der Waals surface area contributed by atoms with Crippen LogP contribution in [-0.2, 0) is 11.2 Å². The minimum atomic E-state index is 0.325. The lowest BCUT2D eigenvalue weighted by atomic mass is 10.0. The van der Waals surface area contributed by atoms with Crippen LogP contribution in [0, 0.1) is 5.92 Å². The lowest BCUT2D eigenvalue weighted by Crippen LogP contribution is -2.32. The predicted molar refractivity (Wildman–Crippen MR) is 80.5 cm³/mol. The van der Waals surface area contributed by atoms with Gasteiger partial charge in [-0.15, -0.1) is 11.3 Å². The number of carbonyl (C=O) groups is 1. The molecule has 19 heavy (non-hydrogen) atoms. The van der Waals surface area contributed by atoms with Gasteiger partial charge in [-0.3, -0.25) is 4.79 Å². The SMILES string of the molecule is CCN(CCc1cccs1)C(=O)CCC1CCNC1. The van der Waals surface area contributed by atoms with Crippen LogP contribution in [-0.4, -0.2) is 37.0 Å². The predicted octanol–water partition coefficient (Wildman–Crippen LogP) is 2.53. The van der Waals surface area contributed by atoms with E-state index in [0.29, 0.717) is 18.2 Å². The molecule has 0 aliphatic carbocycles. The summed E-state index contributed by atoms with van der Waals surface area (Å²) in [5.41, 5.74) is 0. The fourth-order valence-corrected chi connectivity index (χ4v) is 3.30. The highest BCUT2D eigenvalue weighted by Crippen LogP contribution is 2.16. The number of nitrogens with one attached hydrogen (secondary N) is 1. The maximum absolute atomic E-state index is 12.2. The van der Waals surface area contributed by atoms with Crippen molar-refractivity contribution >= 4 is 17.2 Å². The molecule has 0 bridgehead atoms. The van der Waals surface area contributed by atoms with Crippen molar-refractivity contribution in [1.82, 2.24) is 10.2 Å². The molecular weight excluding hydrogens is 256 g/mol. The average molecular weight is 280 g/mol. The van der Waals surface area contributed by atoms with E-state index >= 15 is 0 Å². The Bertz CT molecular complexity index is 372. The van der Waals surface area contributed by atoms with Crippen LogP contribution in [0.4, 0.5) is 0 Å². The normalized spacial score (nSPS) is 18.7.